The highest BCUT2D eigenvalue weighted by molar-refractivity contribution is 9.11. The van der Waals surface area contributed by atoms with Gasteiger partial charge in [-0.05, 0) is 11.4 Å². The molecule has 0 rings (SSSR count). The molecule has 0 N–H and O–H groups in total. The van der Waals surface area contributed by atoms with E-state index in [4.69, 9.17) is 0 Å². The largest absolute Gasteiger partial charge is 0.466 e. The Labute approximate surface area is 63.0 Å². The molecule has 0 spiro atoms. The Kier molecular flexibility index (Phi) is 4.40. The molecule has 0 saturated carbocycles. The molecule has 9 heavy (non-hydrogen) atoms. The molecular formula is C6H9BrO2. The maximum absolute atomic E-state index is 10.5. The fraction of sp³-hybridized carbons (Fsp3) is 0.500. The molecule has 0 aromatic carbocycles. The highest BCUT2D eigenvalue weighted by Crippen LogP contribution is 2.06. The van der Waals surface area contributed by atoms with Crippen LogP contribution < -0.4 is 0 Å². The second-order valence-electron chi connectivity index (χ2n) is 1.50. The number of ether oxygens (including phenoxy) is 1. The quantitative estimate of drug-likeness (QED) is 0.639. The van der Waals surface area contributed by atoms with E-state index in [0.29, 0.717) is 11.1 Å². The summed E-state index contributed by atoms with van der Waals surface area (Å²) in [6, 6.07) is 0. The fourth-order valence-corrected chi connectivity index (χ4v) is 0.598. The summed E-state index contributed by atoms with van der Waals surface area (Å²) < 4.78 is 5.28. The minimum Gasteiger partial charge on any atom is -0.466 e. The highest BCUT2D eigenvalue weighted by Gasteiger charge is 2.00. The van der Waals surface area contributed by atoms with Gasteiger partial charge in [-0.25, -0.2) is 0 Å². The Morgan fingerprint density at radius 3 is 2.67 bits per heavy atom. The number of rotatable bonds is 3. The summed E-state index contributed by atoms with van der Waals surface area (Å²) in [7, 11) is 0. The van der Waals surface area contributed by atoms with Crippen molar-refractivity contribution in [3.63, 3.8) is 0 Å². The van der Waals surface area contributed by atoms with Crippen molar-refractivity contribution in [2.24, 2.45) is 0 Å². The van der Waals surface area contributed by atoms with Crippen LogP contribution in [0.15, 0.2) is 11.1 Å². The standard InChI is InChI=1S/C6H9BrO2/c1-3-9-6(8)4-5(2)7/h2-4H2,1H3. The summed E-state index contributed by atoms with van der Waals surface area (Å²) in [6.45, 7) is 5.70. The van der Waals surface area contributed by atoms with Crippen LogP contribution >= 0.6 is 15.9 Å². The van der Waals surface area contributed by atoms with Crippen molar-refractivity contribution in [2.45, 2.75) is 13.3 Å². The Balaban J connectivity index is 3.39. The number of halogens is 1. The fourth-order valence-electron chi connectivity index (χ4n) is 0.369. The van der Waals surface area contributed by atoms with Gasteiger partial charge in [0, 0.05) is 0 Å². The summed E-state index contributed by atoms with van der Waals surface area (Å²) >= 11 is 3.05. The topological polar surface area (TPSA) is 26.3 Å². The van der Waals surface area contributed by atoms with Crippen molar-refractivity contribution in [1.82, 2.24) is 0 Å². The minimum atomic E-state index is -0.237. The molecule has 0 atom stereocenters. The Morgan fingerprint density at radius 1 is 1.78 bits per heavy atom. The summed E-state index contributed by atoms with van der Waals surface area (Å²) in [6.07, 6.45) is 0.258. The van der Waals surface area contributed by atoms with Gasteiger partial charge < -0.3 is 4.74 Å². The van der Waals surface area contributed by atoms with Crippen LogP contribution in [-0.2, 0) is 9.53 Å². The van der Waals surface area contributed by atoms with Crippen molar-refractivity contribution in [1.29, 1.82) is 0 Å². The number of carbonyl (C=O) groups excluding carboxylic acids is 1. The van der Waals surface area contributed by atoms with Crippen LogP contribution in [0.4, 0.5) is 0 Å². The van der Waals surface area contributed by atoms with E-state index >= 15 is 0 Å². The molecule has 0 amide bonds. The zero-order valence-electron chi connectivity index (χ0n) is 5.32. The molecule has 0 bridgehead atoms. The maximum atomic E-state index is 10.5. The van der Waals surface area contributed by atoms with Crippen molar-refractivity contribution in [2.75, 3.05) is 6.61 Å². The first-order valence-corrected chi connectivity index (χ1v) is 3.45. The van der Waals surface area contributed by atoms with Crippen molar-refractivity contribution >= 4 is 21.9 Å². The lowest BCUT2D eigenvalue weighted by atomic mass is 10.4. The molecule has 0 aromatic rings. The minimum absolute atomic E-state index is 0.237. The molecule has 0 saturated heterocycles. The first-order chi connectivity index (χ1) is 4.16. The predicted molar refractivity (Wildman–Crippen MR) is 39.3 cm³/mol. The van der Waals surface area contributed by atoms with Crippen LogP contribution in [0.1, 0.15) is 13.3 Å². The SMILES string of the molecule is C=C(Br)CC(=O)OCC. The van der Waals surface area contributed by atoms with Crippen LogP contribution in [0.2, 0.25) is 0 Å². The highest BCUT2D eigenvalue weighted by atomic mass is 79.9. The van der Waals surface area contributed by atoms with E-state index in [-0.39, 0.29) is 12.4 Å². The summed E-state index contributed by atoms with van der Waals surface area (Å²) in [4.78, 5) is 10.5. The van der Waals surface area contributed by atoms with Gasteiger partial charge in [0.15, 0.2) is 0 Å². The lowest BCUT2D eigenvalue weighted by Gasteiger charge is -1.97. The molecule has 0 heterocycles. The lowest BCUT2D eigenvalue weighted by Crippen LogP contribution is -2.02. The molecule has 2 nitrogen and oxygen atoms in total. The predicted octanol–water partition coefficient (Wildman–Crippen LogP) is 1.85. The molecule has 0 unspecified atom stereocenters. The van der Waals surface area contributed by atoms with Crippen LogP contribution in [0.5, 0.6) is 0 Å². The summed E-state index contributed by atoms with van der Waals surface area (Å²) in [5.41, 5.74) is 0. The molecule has 0 aliphatic heterocycles. The van der Waals surface area contributed by atoms with E-state index in [0.717, 1.165) is 0 Å². The van der Waals surface area contributed by atoms with E-state index in [9.17, 15) is 4.79 Å². The summed E-state index contributed by atoms with van der Waals surface area (Å²) in [5, 5.41) is 0. The first kappa shape index (κ1) is 8.69. The van der Waals surface area contributed by atoms with Gasteiger partial charge in [-0.2, -0.15) is 0 Å². The van der Waals surface area contributed by atoms with E-state index in [1.807, 2.05) is 0 Å². The Hall–Kier alpha value is -0.310. The van der Waals surface area contributed by atoms with E-state index in [2.05, 4.69) is 27.2 Å². The lowest BCUT2D eigenvalue weighted by molar-refractivity contribution is -0.142. The van der Waals surface area contributed by atoms with E-state index in [1.165, 1.54) is 0 Å². The van der Waals surface area contributed by atoms with E-state index in [1.54, 1.807) is 6.92 Å². The van der Waals surface area contributed by atoms with Crippen LogP contribution in [0.25, 0.3) is 0 Å². The smallest absolute Gasteiger partial charge is 0.310 e. The van der Waals surface area contributed by atoms with Gasteiger partial charge in [-0.15, -0.1) is 0 Å². The number of hydrogen-bond donors (Lipinski definition) is 0. The molecule has 52 valence electrons. The Morgan fingerprint density at radius 2 is 2.33 bits per heavy atom. The molecular weight excluding hydrogens is 184 g/mol. The third-order valence-corrected chi connectivity index (χ3v) is 0.922. The van der Waals surface area contributed by atoms with Crippen molar-refractivity contribution in [3.05, 3.63) is 11.1 Å². The van der Waals surface area contributed by atoms with Gasteiger partial charge >= 0.3 is 5.97 Å². The van der Waals surface area contributed by atoms with Gasteiger partial charge in [0.25, 0.3) is 0 Å². The normalized spacial score (nSPS) is 8.67. The molecule has 0 aliphatic rings. The van der Waals surface area contributed by atoms with Gasteiger partial charge in [0.1, 0.15) is 0 Å². The molecule has 0 aromatic heterocycles. The molecule has 0 aliphatic carbocycles. The number of hydrogen-bond acceptors (Lipinski definition) is 2. The average Bonchev–Trinajstić information content (AvgIpc) is 1.63. The van der Waals surface area contributed by atoms with Crippen LogP contribution in [0.3, 0.4) is 0 Å². The Bertz CT molecular complexity index is 120. The van der Waals surface area contributed by atoms with Gasteiger partial charge in [-0.1, -0.05) is 22.5 Å². The summed E-state index contributed by atoms with van der Waals surface area (Å²) in [5.74, 6) is -0.237. The monoisotopic (exact) mass is 192 g/mol. The number of esters is 1. The van der Waals surface area contributed by atoms with Crippen molar-refractivity contribution < 1.29 is 9.53 Å². The average molecular weight is 193 g/mol. The third kappa shape index (κ3) is 5.56. The maximum Gasteiger partial charge on any atom is 0.310 e. The first-order valence-electron chi connectivity index (χ1n) is 2.65. The zero-order valence-corrected chi connectivity index (χ0v) is 6.90. The van der Waals surface area contributed by atoms with Gasteiger partial charge in [0.05, 0.1) is 13.0 Å². The third-order valence-electron chi connectivity index (χ3n) is 0.641. The molecule has 0 fully saturated rings. The zero-order chi connectivity index (χ0) is 7.28. The number of carbonyl (C=O) groups is 1. The van der Waals surface area contributed by atoms with Crippen LogP contribution in [-0.4, -0.2) is 12.6 Å². The van der Waals surface area contributed by atoms with Gasteiger partial charge in [0.2, 0.25) is 0 Å². The molecule has 0 radical (unpaired) electrons. The second kappa shape index (κ2) is 4.56. The molecule has 3 heteroatoms. The van der Waals surface area contributed by atoms with E-state index < -0.39 is 0 Å². The second-order valence-corrected chi connectivity index (χ2v) is 2.62. The van der Waals surface area contributed by atoms with Crippen LogP contribution in [0, 0.1) is 0 Å². The van der Waals surface area contributed by atoms with Gasteiger partial charge in [-0.3, -0.25) is 4.79 Å². The van der Waals surface area contributed by atoms with Crippen molar-refractivity contribution in [3.8, 4) is 0 Å².